The summed E-state index contributed by atoms with van der Waals surface area (Å²) in [6.07, 6.45) is 8.04. The fraction of sp³-hybridized carbons (Fsp3) is 0.444. The first kappa shape index (κ1) is 32.0. The van der Waals surface area contributed by atoms with Crippen molar-refractivity contribution in [1.82, 2.24) is 9.97 Å². The first-order chi connectivity index (χ1) is 11.5. The number of nitrogens with zero attached hydrogens (tertiary/aromatic N) is 2. The molecule has 0 saturated heterocycles. The van der Waals surface area contributed by atoms with E-state index >= 15 is 0 Å². The van der Waals surface area contributed by atoms with Crippen LogP contribution in [0, 0.1) is 0 Å². The average molecular weight is 476 g/mol. The molecule has 2 unspecified atom stereocenters. The van der Waals surface area contributed by atoms with Crippen molar-refractivity contribution in [3.05, 3.63) is 60.2 Å². The standard InChI is InChI=1S/C18H26N4O2.4ClH/c19-18(20,15-7-12-22-13-8-15)9-4-17(24)16(23)3-1-2-14-5-10-21-11-6-14;;;;/h5-8,10-13,16-17,23-24H,1-4,9,19-20H2;4*1H. The van der Waals surface area contributed by atoms with E-state index in [1.165, 1.54) is 5.56 Å². The third-order valence-corrected chi connectivity index (χ3v) is 4.23. The van der Waals surface area contributed by atoms with Crippen LogP contribution in [0.1, 0.15) is 36.8 Å². The van der Waals surface area contributed by atoms with Crippen molar-refractivity contribution < 1.29 is 10.2 Å². The van der Waals surface area contributed by atoms with Gasteiger partial charge in [0, 0.05) is 24.8 Å². The molecule has 2 atom stereocenters. The van der Waals surface area contributed by atoms with Gasteiger partial charge in [0.15, 0.2) is 0 Å². The van der Waals surface area contributed by atoms with Gasteiger partial charge in [0.05, 0.1) is 17.9 Å². The van der Waals surface area contributed by atoms with Gasteiger partial charge in [-0.1, -0.05) is 0 Å². The number of aliphatic hydroxyl groups excluding tert-OH is 2. The Morgan fingerprint density at radius 1 is 0.786 bits per heavy atom. The largest absolute Gasteiger partial charge is 0.390 e. The second-order valence-electron chi connectivity index (χ2n) is 6.20. The highest BCUT2D eigenvalue weighted by Crippen LogP contribution is 2.20. The zero-order valence-corrected chi connectivity index (χ0v) is 18.7. The molecule has 6 nitrogen and oxygen atoms in total. The van der Waals surface area contributed by atoms with Crippen molar-refractivity contribution in [2.24, 2.45) is 11.5 Å². The summed E-state index contributed by atoms with van der Waals surface area (Å²) in [6.45, 7) is 0. The molecule has 6 N–H and O–H groups in total. The summed E-state index contributed by atoms with van der Waals surface area (Å²) in [7, 11) is 0. The molecule has 2 aromatic rings. The Kier molecular flexibility index (Phi) is 18.4. The second kappa shape index (κ2) is 16.1. The van der Waals surface area contributed by atoms with Crippen LogP contribution in [0.15, 0.2) is 49.1 Å². The Bertz CT molecular complexity index is 609. The lowest BCUT2D eigenvalue weighted by atomic mass is 9.93. The van der Waals surface area contributed by atoms with Gasteiger partial charge < -0.3 is 21.7 Å². The minimum Gasteiger partial charge on any atom is -0.390 e. The molecule has 2 aromatic heterocycles. The van der Waals surface area contributed by atoms with Crippen LogP contribution in [0.5, 0.6) is 0 Å². The Balaban J connectivity index is -0.00000156. The molecule has 0 aliphatic carbocycles. The number of aliphatic hydroxyl groups is 2. The molecular weight excluding hydrogens is 446 g/mol. The SMILES string of the molecule is Cl.Cl.Cl.Cl.NC(N)(CCC(O)C(O)CCCc1ccncc1)c1ccncc1. The predicted molar refractivity (Wildman–Crippen MR) is 122 cm³/mol. The Labute approximate surface area is 191 Å². The molecule has 2 rings (SSSR count). The van der Waals surface area contributed by atoms with Gasteiger partial charge in [-0.25, -0.2) is 0 Å². The highest BCUT2D eigenvalue weighted by atomic mass is 35.5. The maximum atomic E-state index is 10.1. The van der Waals surface area contributed by atoms with E-state index in [0.29, 0.717) is 19.3 Å². The van der Waals surface area contributed by atoms with Gasteiger partial charge >= 0.3 is 0 Å². The Morgan fingerprint density at radius 3 is 1.79 bits per heavy atom. The van der Waals surface area contributed by atoms with Gasteiger partial charge in [-0.3, -0.25) is 9.97 Å². The normalized spacial score (nSPS) is 12.3. The van der Waals surface area contributed by atoms with Gasteiger partial charge in [0.1, 0.15) is 0 Å². The minimum atomic E-state index is -1.04. The van der Waals surface area contributed by atoms with Crippen LogP contribution < -0.4 is 11.5 Å². The molecule has 0 aliphatic rings. The molecule has 2 heterocycles. The van der Waals surface area contributed by atoms with Crippen molar-refractivity contribution in [3.8, 4) is 0 Å². The van der Waals surface area contributed by atoms with E-state index in [0.717, 1.165) is 18.4 Å². The summed E-state index contributed by atoms with van der Waals surface area (Å²) in [5.74, 6) is 0. The second-order valence-corrected chi connectivity index (χ2v) is 6.20. The fourth-order valence-electron chi connectivity index (χ4n) is 2.64. The number of aryl methyl sites for hydroxylation is 1. The van der Waals surface area contributed by atoms with Crippen LogP contribution in [0.2, 0.25) is 0 Å². The molecule has 162 valence electrons. The van der Waals surface area contributed by atoms with Crippen LogP contribution in [-0.4, -0.2) is 32.4 Å². The molecule has 0 bridgehead atoms. The summed E-state index contributed by atoms with van der Waals surface area (Å²) in [5, 5.41) is 20.3. The lowest BCUT2D eigenvalue weighted by molar-refractivity contribution is 0.00448. The summed E-state index contributed by atoms with van der Waals surface area (Å²) in [6, 6.07) is 7.43. The van der Waals surface area contributed by atoms with Crippen molar-refractivity contribution in [2.75, 3.05) is 0 Å². The average Bonchev–Trinajstić information content (AvgIpc) is 2.61. The minimum absolute atomic E-state index is 0. The van der Waals surface area contributed by atoms with Crippen molar-refractivity contribution in [1.29, 1.82) is 0 Å². The number of hydrogen-bond acceptors (Lipinski definition) is 6. The molecule has 0 spiro atoms. The van der Waals surface area contributed by atoms with Crippen LogP contribution >= 0.6 is 49.6 Å². The first-order valence-corrected chi connectivity index (χ1v) is 8.22. The zero-order valence-electron chi connectivity index (χ0n) is 15.4. The van der Waals surface area contributed by atoms with E-state index in [-0.39, 0.29) is 49.6 Å². The maximum Gasteiger partial charge on any atom is 0.0901 e. The lowest BCUT2D eigenvalue weighted by Gasteiger charge is -2.27. The van der Waals surface area contributed by atoms with E-state index in [1.54, 1.807) is 36.9 Å². The maximum absolute atomic E-state index is 10.1. The van der Waals surface area contributed by atoms with Gasteiger partial charge in [0.2, 0.25) is 0 Å². The quantitative estimate of drug-likeness (QED) is 0.414. The van der Waals surface area contributed by atoms with Crippen molar-refractivity contribution in [3.63, 3.8) is 0 Å². The van der Waals surface area contributed by atoms with Gasteiger partial charge in [0.25, 0.3) is 0 Å². The van der Waals surface area contributed by atoms with Gasteiger partial charge in [-0.15, -0.1) is 49.6 Å². The third-order valence-electron chi connectivity index (χ3n) is 4.23. The molecule has 0 radical (unpaired) electrons. The molecule has 0 fully saturated rings. The summed E-state index contributed by atoms with van der Waals surface area (Å²) >= 11 is 0. The van der Waals surface area contributed by atoms with Crippen molar-refractivity contribution >= 4 is 49.6 Å². The number of aromatic nitrogens is 2. The van der Waals surface area contributed by atoms with Crippen LogP contribution in [0.4, 0.5) is 0 Å². The summed E-state index contributed by atoms with van der Waals surface area (Å²) < 4.78 is 0. The van der Waals surface area contributed by atoms with Crippen LogP contribution in [0.25, 0.3) is 0 Å². The zero-order chi connectivity index (χ0) is 17.4. The molecule has 0 aromatic carbocycles. The highest BCUT2D eigenvalue weighted by Gasteiger charge is 2.25. The summed E-state index contributed by atoms with van der Waals surface area (Å²) in [4.78, 5) is 7.91. The van der Waals surface area contributed by atoms with E-state index in [1.807, 2.05) is 12.1 Å². The van der Waals surface area contributed by atoms with E-state index in [4.69, 9.17) is 11.5 Å². The smallest absolute Gasteiger partial charge is 0.0901 e. The van der Waals surface area contributed by atoms with Crippen LogP contribution in [-0.2, 0) is 12.1 Å². The highest BCUT2D eigenvalue weighted by molar-refractivity contribution is 5.86. The fourth-order valence-corrected chi connectivity index (χ4v) is 2.64. The number of pyridine rings is 2. The Hall–Kier alpha value is -0.700. The predicted octanol–water partition coefficient (Wildman–Crippen LogP) is 2.76. The number of nitrogens with two attached hydrogens (primary N) is 2. The van der Waals surface area contributed by atoms with E-state index < -0.39 is 17.9 Å². The number of rotatable bonds is 9. The monoisotopic (exact) mass is 474 g/mol. The third kappa shape index (κ3) is 10.7. The molecule has 0 aliphatic heterocycles. The first-order valence-electron chi connectivity index (χ1n) is 8.22. The van der Waals surface area contributed by atoms with E-state index in [2.05, 4.69) is 9.97 Å². The molecule has 10 heteroatoms. The lowest BCUT2D eigenvalue weighted by Crippen LogP contribution is -2.47. The molecule has 28 heavy (non-hydrogen) atoms. The summed E-state index contributed by atoms with van der Waals surface area (Å²) in [5.41, 5.74) is 13.1. The van der Waals surface area contributed by atoms with Gasteiger partial charge in [-0.05, 0) is 67.5 Å². The number of halogens is 4. The van der Waals surface area contributed by atoms with E-state index in [9.17, 15) is 10.2 Å². The van der Waals surface area contributed by atoms with Crippen LogP contribution in [0.3, 0.4) is 0 Å². The Morgan fingerprint density at radius 2 is 1.25 bits per heavy atom. The number of hydrogen-bond donors (Lipinski definition) is 4. The molecule has 0 saturated carbocycles. The van der Waals surface area contributed by atoms with Gasteiger partial charge in [-0.2, -0.15) is 0 Å². The van der Waals surface area contributed by atoms with Crippen molar-refractivity contribution in [2.45, 2.75) is 50.0 Å². The molecular formula is C18H30Cl4N4O2. The topological polar surface area (TPSA) is 118 Å². The molecule has 0 amide bonds.